The van der Waals surface area contributed by atoms with E-state index < -0.39 is 24.1 Å². The third-order valence-corrected chi connectivity index (χ3v) is 7.14. The van der Waals surface area contributed by atoms with Gasteiger partial charge in [0.2, 0.25) is 0 Å². The second-order valence-electron chi connectivity index (χ2n) is 9.39. The van der Waals surface area contributed by atoms with Gasteiger partial charge in [0.05, 0.1) is 17.9 Å². The number of hydrogen-bond donors (Lipinski definition) is 3. The summed E-state index contributed by atoms with van der Waals surface area (Å²) in [6.45, 7) is 1.67. The number of carboxylic acid groups (broad SMARTS) is 1. The summed E-state index contributed by atoms with van der Waals surface area (Å²) < 4.78 is 30.5. The topological polar surface area (TPSA) is 141 Å². The number of nitrogens with zero attached hydrogens (tertiary/aromatic N) is 7. The van der Waals surface area contributed by atoms with E-state index in [-0.39, 0.29) is 35.5 Å². The first kappa shape index (κ1) is 24.9. The van der Waals surface area contributed by atoms with Crippen molar-refractivity contribution < 1.29 is 28.6 Å². The van der Waals surface area contributed by atoms with Crippen LogP contribution < -0.4 is 10.2 Å². The van der Waals surface area contributed by atoms with Crippen molar-refractivity contribution >= 4 is 29.2 Å². The van der Waals surface area contributed by atoms with Crippen LogP contribution in [0, 0.1) is 5.92 Å². The summed E-state index contributed by atoms with van der Waals surface area (Å²) in [7, 11) is 0. The molecule has 0 spiro atoms. The number of nitrogens with one attached hydrogen (secondary N) is 1. The molecule has 4 heterocycles. The molecule has 2 fully saturated rings. The molecule has 3 aromatic rings. The number of rotatable bonds is 6. The molecular weight excluding hydrogens is 490 g/mol. The fourth-order valence-electron chi connectivity index (χ4n) is 4.95. The van der Waals surface area contributed by atoms with Crippen LogP contribution in [0.2, 0.25) is 0 Å². The third-order valence-electron chi connectivity index (χ3n) is 7.14. The number of halogens is 2. The molecule has 0 unspecified atom stereocenters. The molecule has 198 valence electrons. The second kappa shape index (κ2) is 10.3. The first-order chi connectivity index (χ1) is 17.8. The van der Waals surface area contributed by atoms with Gasteiger partial charge in [-0.2, -0.15) is 10.2 Å². The lowest BCUT2D eigenvalue weighted by molar-refractivity contribution is 0.102. The lowest BCUT2D eigenvalue weighted by atomic mass is 9.87. The van der Waals surface area contributed by atoms with Crippen LogP contribution in [-0.2, 0) is 0 Å². The number of alkyl halides is 2. The summed E-state index contributed by atoms with van der Waals surface area (Å²) in [6.07, 6.45) is 3.56. The first-order valence-corrected chi connectivity index (χ1v) is 12.2. The van der Waals surface area contributed by atoms with Crippen LogP contribution in [-0.4, -0.2) is 84.3 Å². The summed E-state index contributed by atoms with van der Waals surface area (Å²) in [4.78, 5) is 32.1. The first-order valence-electron chi connectivity index (χ1n) is 12.2. The van der Waals surface area contributed by atoms with E-state index in [4.69, 9.17) is 5.11 Å². The average molecular weight is 519 g/mol. The SMILES string of the molecule is O=C(Nc1cn(C2CCC(CO)CC2)nc1C(F)F)c1cnn2ccc(N3CCN(C(=O)O)CC3)nc12. The van der Waals surface area contributed by atoms with E-state index in [0.717, 1.165) is 12.8 Å². The van der Waals surface area contributed by atoms with E-state index in [1.165, 1.54) is 26.5 Å². The second-order valence-corrected chi connectivity index (χ2v) is 9.39. The van der Waals surface area contributed by atoms with E-state index in [1.54, 1.807) is 12.3 Å². The van der Waals surface area contributed by atoms with Crippen molar-refractivity contribution in [3.63, 3.8) is 0 Å². The monoisotopic (exact) mass is 518 g/mol. The van der Waals surface area contributed by atoms with Gasteiger partial charge < -0.3 is 25.3 Å². The number of amides is 2. The average Bonchev–Trinajstić information content (AvgIpc) is 3.53. The Kier molecular flexibility index (Phi) is 6.91. The number of carbonyl (C=O) groups is 2. The molecule has 3 aromatic heterocycles. The molecule has 0 bridgehead atoms. The molecule has 0 radical (unpaired) electrons. The van der Waals surface area contributed by atoms with Gasteiger partial charge in [0.1, 0.15) is 11.4 Å². The summed E-state index contributed by atoms with van der Waals surface area (Å²) in [5.41, 5.74) is -0.199. The maximum absolute atomic E-state index is 13.8. The molecule has 0 atom stereocenters. The van der Waals surface area contributed by atoms with Gasteiger partial charge in [0.15, 0.2) is 11.3 Å². The molecule has 37 heavy (non-hydrogen) atoms. The zero-order chi connectivity index (χ0) is 26.1. The van der Waals surface area contributed by atoms with Crippen LogP contribution in [0.5, 0.6) is 0 Å². The van der Waals surface area contributed by atoms with Crippen LogP contribution in [0.3, 0.4) is 0 Å². The van der Waals surface area contributed by atoms with Crippen molar-refractivity contribution in [3.05, 3.63) is 35.9 Å². The van der Waals surface area contributed by atoms with Gasteiger partial charge in [-0.05, 0) is 37.7 Å². The lowest BCUT2D eigenvalue weighted by Gasteiger charge is -2.33. The van der Waals surface area contributed by atoms with Gasteiger partial charge in [0, 0.05) is 45.2 Å². The Hall–Kier alpha value is -3.81. The zero-order valence-corrected chi connectivity index (χ0v) is 20.0. The van der Waals surface area contributed by atoms with Crippen LogP contribution in [0.4, 0.5) is 25.1 Å². The normalized spacial score (nSPS) is 20.5. The molecule has 5 rings (SSSR count). The molecular formula is C23H28F2N8O4. The van der Waals surface area contributed by atoms with E-state index in [2.05, 4.69) is 20.5 Å². The Bertz CT molecular complexity index is 1280. The quantitative estimate of drug-likeness (QED) is 0.452. The Morgan fingerprint density at radius 3 is 2.51 bits per heavy atom. The van der Waals surface area contributed by atoms with Gasteiger partial charge in [-0.1, -0.05) is 0 Å². The molecule has 1 aliphatic carbocycles. The summed E-state index contributed by atoms with van der Waals surface area (Å²) in [5, 5.41) is 29.3. The van der Waals surface area contributed by atoms with Crippen LogP contribution in [0.25, 0.3) is 5.65 Å². The number of aliphatic hydroxyl groups is 1. The van der Waals surface area contributed by atoms with Crippen LogP contribution in [0.15, 0.2) is 24.7 Å². The fraction of sp³-hybridized carbons (Fsp3) is 0.522. The van der Waals surface area contributed by atoms with Crippen LogP contribution >= 0.6 is 0 Å². The number of piperazine rings is 1. The Balaban J connectivity index is 1.34. The summed E-state index contributed by atoms with van der Waals surface area (Å²) in [5.74, 6) is 0.141. The molecule has 2 aliphatic rings. The molecule has 2 amide bonds. The Morgan fingerprint density at radius 2 is 1.86 bits per heavy atom. The number of hydrogen-bond acceptors (Lipinski definition) is 7. The van der Waals surface area contributed by atoms with Crippen molar-refractivity contribution in [2.75, 3.05) is 43.0 Å². The van der Waals surface area contributed by atoms with Crippen molar-refractivity contribution in [1.29, 1.82) is 0 Å². The minimum absolute atomic E-state index is 0.0652. The maximum atomic E-state index is 13.8. The van der Waals surface area contributed by atoms with Crippen molar-refractivity contribution in [2.24, 2.45) is 5.92 Å². The van der Waals surface area contributed by atoms with Gasteiger partial charge in [0.25, 0.3) is 12.3 Å². The van der Waals surface area contributed by atoms with Gasteiger partial charge in [-0.3, -0.25) is 9.48 Å². The number of fused-ring (bicyclic) bond motifs is 1. The zero-order valence-electron chi connectivity index (χ0n) is 20.0. The molecule has 12 nitrogen and oxygen atoms in total. The summed E-state index contributed by atoms with van der Waals surface area (Å²) >= 11 is 0. The predicted molar refractivity (Wildman–Crippen MR) is 128 cm³/mol. The maximum Gasteiger partial charge on any atom is 0.407 e. The molecule has 3 N–H and O–H groups in total. The highest BCUT2D eigenvalue weighted by Crippen LogP contribution is 2.34. The van der Waals surface area contributed by atoms with Crippen molar-refractivity contribution in [3.8, 4) is 0 Å². The van der Waals surface area contributed by atoms with Gasteiger partial charge >= 0.3 is 6.09 Å². The van der Waals surface area contributed by atoms with Crippen molar-refractivity contribution in [1.82, 2.24) is 29.3 Å². The van der Waals surface area contributed by atoms with Crippen LogP contribution in [0.1, 0.15) is 54.2 Å². The van der Waals surface area contributed by atoms with E-state index >= 15 is 0 Å². The highest BCUT2D eigenvalue weighted by molar-refractivity contribution is 6.08. The van der Waals surface area contributed by atoms with Gasteiger partial charge in [-0.15, -0.1) is 0 Å². The van der Waals surface area contributed by atoms with E-state index in [1.807, 2.05) is 4.90 Å². The minimum Gasteiger partial charge on any atom is -0.465 e. The Morgan fingerprint density at radius 1 is 1.14 bits per heavy atom. The Labute approximate surface area is 210 Å². The van der Waals surface area contributed by atoms with E-state index in [9.17, 15) is 23.5 Å². The third kappa shape index (κ3) is 5.05. The highest BCUT2D eigenvalue weighted by Gasteiger charge is 2.28. The number of aromatic nitrogens is 5. The number of carbonyl (C=O) groups excluding carboxylic acids is 1. The molecule has 14 heteroatoms. The molecule has 0 aromatic carbocycles. The molecule has 1 saturated heterocycles. The minimum atomic E-state index is -2.87. The standard InChI is InChI=1S/C23H28F2N8O4/c24-20(25)19-17(12-33(29-19)15-3-1-14(13-34)2-4-15)27-22(35)16-11-26-32-6-5-18(28-21(16)32)30-7-9-31(10-8-30)23(36)37/h5-6,11-12,14-15,20,34H,1-4,7-10,13H2,(H,27,35)(H,36,37). The smallest absolute Gasteiger partial charge is 0.407 e. The predicted octanol–water partition coefficient (Wildman–Crippen LogP) is 2.64. The number of aliphatic hydroxyl groups excluding tert-OH is 1. The number of anilines is 2. The van der Waals surface area contributed by atoms with E-state index in [0.29, 0.717) is 44.8 Å². The molecule has 1 aliphatic heterocycles. The molecule has 1 saturated carbocycles. The van der Waals surface area contributed by atoms with Gasteiger partial charge in [-0.25, -0.2) is 23.1 Å². The highest BCUT2D eigenvalue weighted by atomic mass is 19.3. The lowest BCUT2D eigenvalue weighted by Crippen LogP contribution is -2.48. The summed E-state index contributed by atoms with van der Waals surface area (Å²) in [6, 6.07) is 1.65. The largest absolute Gasteiger partial charge is 0.465 e. The van der Waals surface area contributed by atoms with Crippen molar-refractivity contribution in [2.45, 2.75) is 38.2 Å². The fourth-order valence-corrected chi connectivity index (χ4v) is 4.95.